The Bertz CT molecular complexity index is 1020. The molecule has 0 saturated carbocycles. The zero-order chi connectivity index (χ0) is 22.8. The van der Waals surface area contributed by atoms with Crippen LogP contribution in [0.4, 0.5) is 0 Å². The first-order valence-electron chi connectivity index (χ1n) is 11.5. The van der Waals surface area contributed by atoms with Gasteiger partial charge < -0.3 is 4.90 Å². The Morgan fingerprint density at radius 2 is 1.62 bits per heavy atom. The highest BCUT2D eigenvalue weighted by Crippen LogP contribution is 2.35. The molecule has 0 aliphatic carbocycles. The summed E-state index contributed by atoms with van der Waals surface area (Å²) in [5.41, 5.74) is 0.644. The number of nitrogens with zero attached hydrogens (tertiary/aromatic N) is 2. The van der Waals surface area contributed by atoms with Gasteiger partial charge in [0.25, 0.3) is 0 Å². The summed E-state index contributed by atoms with van der Waals surface area (Å²) in [5.74, 6) is 0.521. The average Bonchev–Trinajstić information content (AvgIpc) is 3.05. The van der Waals surface area contributed by atoms with Crippen LogP contribution in [0.1, 0.15) is 38.7 Å². The fourth-order valence-electron chi connectivity index (χ4n) is 4.81. The number of rotatable bonds is 7. The van der Waals surface area contributed by atoms with Gasteiger partial charge in [0, 0.05) is 19.6 Å². The summed E-state index contributed by atoms with van der Waals surface area (Å²) in [5, 5.41) is 3.65. The molecule has 2 aliphatic rings. The van der Waals surface area contributed by atoms with Crippen LogP contribution >= 0.6 is 0 Å². The second kappa shape index (κ2) is 9.33. The van der Waals surface area contributed by atoms with Crippen molar-refractivity contribution in [2.45, 2.75) is 56.1 Å². The van der Waals surface area contributed by atoms with Crippen LogP contribution in [0, 0.1) is 5.92 Å². The highest BCUT2D eigenvalue weighted by Gasteiger charge is 2.52. The smallest absolute Gasteiger partial charge is 0.243 e. The largest absolute Gasteiger partial charge is 0.323 e. The van der Waals surface area contributed by atoms with Gasteiger partial charge in [0.15, 0.2) is 0 Å². The minimum absolute atomic E-state index is 0.133. The lowest BCUT2D eigenvalue weighted by Crippen LogP contribution is -2.60. The molecule has 2 atom stereocenters. The number of benzene rings is 2. The Kier molecular flexibility index (Phi) is 6.70. The minimum atomic E-state index is -3.53. The molecule has 2 unspecified atom stereocenters. The SMILES string of the molecule is CCC(C)CN1C(=O)C(Cc2ccccc2)NC12CCN(S(=O)(=O)c1ccccc1)CC2. The van der Waals surface area contributed by atoms with Gasteiger partial charge in [-0.25, -0.2) is 8.42 Å². The van der Waals surface area contributed by atoms with Crippen molar-refractivity contribution < 1.29 is 13.2 Å². The standard InChI is InChI=1S/C25H33N3O3S/c1-3-20(2)19-28-24(29)23(18-21-10-6-4-7-11-21)26-25(28)14-16-27(17-15-25)32(30,31)22-12-8-5-9-13-22/h4-13,20,23,26H,3,14-19H2,1-2H3. The van der Waals surface area contributed by atoms with Gasteiger partial charge in [0.1, 0.15) is 0 Å². The summed E-state index contributed by atoms with van der Waals surface area (Å²) in [7, 11) is -3.53. The van der Waals surface area contributed by atoms with Gasteiger partial charge in [-0.3, -0.25) is 10.1 Å². The molecule has 1 amide bonds. The number of amides is 1. The molecule has 2 aliphatic heterocycles. The molecule has 6 nitrogen and oxygen atoms in total. The van der Waals surface area contributed by atoms with E-state index in [2.05, 4.69) is 19.2 Å². The molecule has 2 fully saturated rings. The van der Waals surface area contributed by atoms with E-state index in [1.165, 1.54) is 0 Å². The van der Waals surface area contributed by atoms with Crippen molar-refractivity contribution >= 4 is 15.9 Å². The molecule has 2 aromatic carbocycles. The number of hydrogen-bond acceptors (Lipinski definition) is 4. The van der Waals surface area contributed by atoms with Gasteiger partial charge in [0.2, 0.25) is 15.9 Å². The topological polar surface area (TPSA) is 69.7 Å². The average molecular weight is 456 g/mol. The first kappa shape index (κ1) is 23.0. The van der Waals surface area contributed by atoms with E-state index in [1.54, 1.807) is 28.6 Å². The van der Waals surface area contributed by atoms with E-state index in [0.29, 0.717) is 49.7 Å². The molecule has 2 aromatic rings. The molecule has 0 aromatic heterocycles. The molecular weight excluding hydrogens is 422 g/mol. The minimum Gasteiger partial charge on any atom is -0.323 e. The van der Waals surface area contributed by atoms with Crippen molar-refractivity contribution in [3.8, 4) is 0 Å². The zero-order valence-electron chi connectivity index (χ0n) is 18.9. The van der Waals surface area contributed by atoms with E-state index in [4.69, 9.17) is 0 Å². The quantitative estimate of drug-likeness (QED) is 0.696. The van der Waals surface area contributed by atoms with Crippen LogP contribution in [-0.2, 0) is 21.2 Å². The number of piperidine rings is 1. The monoisotopic (exact) mass is 455 g/mol. The fourth-order valence-corrected chi connectivity index (χ4v) is 6.27. The van der Waals surface area contributed by atoms with Crippen molar-refractivity contribution in [1.82, 2.24) is 14.5 Å². The van der Waals surface area contributed by atoms with Gasteiger partial charge in [-0.1, -0.05) is 68.8 Å². The summed E-state index contributed by atoms with van der Waals surface area (Å²) in [4.78, 5) is 15.8. The van der Waals surface area contributed by atoms with Crippen LogP contribution in [0.2, 0.25) is 0 Å². The van der Waals surface area contributed by atoms with E-state index >= 15 is 0 Å². The van der Waals surface area contributed by atoms with E-state index < -0.39 is 15.7 Å². The summed E-state index contributed by atoms with van der Waals surface area (Å²) < 4.78 is 27.7. The highest BCUT2D eigenvalue weighted by atomic mass is 32.2. The van der Waals surface area contributed by atoms with E-state index in [-0.39, 0.29) is 11.9 Å². The Morgan fingerprint density at radius 1 is 1.03 bits per heavy atom. The second-order valence-electron chi connectivity index (χ2n) is 9.10. The molecule has 4 rings (SSSR count). The van der Waals surface area contributed by atoms with Gasteiger partial charge in [-0.15, -0.1) is 0 Å². The lowest BCUT2D eigenvalue weighted by Gasteiger charge is -2.45. The molecule has 1 spiro atoms. The van der Waals surface area contributed by atoms with Crippen LogP contribution < -0.4 is 5.32 Å². The lowest BCUT2D eigenvalue weighted by molar-refractivity contribution is -0.134. The van der Waals surface area contributed by atoms with Crippen molar-refractivity contribution in [3.63, 3.8) is 0 Å². The van der Waals surface area contributed by atoms with Crippen molar-refractivity contribution in [2.75, 3.05) is 19.6 Å². The van der Waals surface area contributed by atoms with Crippen LogP contribution in [0.25, 0.3) is 0 Å². The zero-order valence-corrected chi connectivity index (χ0v) is 19.7. The van der Waals surface area contributed by atoms with Crippen molar-refractivity contribution in [2.24, 2.45) is 5.92 Å². The summed E-state index contributed by atoms with van der Waals surface area (Å²) >= 11 is 0. The number of sulfonamides is 1. The van der Waals surface area contributed by atoms with E-state index in [0.717, 1.165) is 12.0 Å². The maximum Gasteiger partial charge on any atom is 0.243 e. The van der Waals surface area contributed by atoms with Crippen LogP contribution in [-0.4, -0.2) is 54.9 Å². The van der Waals surface area contributed by atoms with Crippen LogP contribution in [0.3, 0.4) is 0 Å². The Hall–Kier alpha value is -2.22. The van der Waals surface area contributed by atoms with Gasteiger partial charge in [-0.2, -0.15) is 4.31 Å². The van der Waals surface area contributed by atoms with Crippen molar-refractivity contribution in [3.05, 3.63) is 66.2 Å². The molecular formula is C25H33N3O3S. The maximum atomic E-state index is 13.5. The second-order valence-corrected chi connectivity index (χ2v) is 11.0. The predicted octanol–water partition coefficient (Wildman–Crippen LogP) is 3.26. The summed E-state index contributed by atoms with van der Waals surface area (Å²) in [6.07, 6.45) is 2.82. The third kappa shape index (κ3) is 4.47. The number of nitrogens with one attached hydrogen (secondary N) is 1. The molecule has 0 radical (unpaired) electrons. The van der Waals surface area contributed by atoms with E-state index in [9.17, 15) is 13.2 Å². The molecule has 2 saturated heterocycles. The third-order valence-corrected chi connectivity index (χ3v) is 8.84. The van der Waals surface area contributed by atoms with Crippen LogP contribution in [0.5, 0.6) is 0 Å². The number of hydrogen-bond donors (Lipinski definition) is 1. The molecule has 32 heavy (non-hydrogen) atoms. The van der Waals surface area contributed by atoms with Gasteiger partial charge in [0.05, 0.1) is 16.6 Å². The molecule has 0 bridgehead atoms. The summed E-state index contributed by atoms with van der Waals surface area (Å²) in [6, 6.07) is 18.4. The van der Waals surface area contributed by atoms with Gasteiger partial charge >= 0.3 is 0 Å². The Labute approximate surface area is 191 Å². The Morgan fingerprint density at radius 3 is 2.22 bits per heavy atom. The normalized spacial score (nSPS) is 22.4. The maximum absolute atomic E-state index is 13.5. The lowest BCUT2D eigenvalue weighted by atomic mass is 9.95. The predicted molar refractivity (Wildman–Crippen MR) is 125 cm³/mol. The number of carbonyl (C=O) groups excluding carboxylic acids is 1. The van der Waals surface area contributed by atoms with E-state index in [1.807, 2.05) is 41.3 Å². The third-order valence-electron chi connectivity index (χ3n) is 6.93. The Balaban J connectivity index is 1.54. The number of carbonyl (C=O) groups is 1. The first-order valence-corrected chi connectivity index (χ1v) is 13.0. The molecule has 1 N–H and O–H groups in total. The molecule has 7 heteroatoms. The first-order chi connectivity index (χ1) is 15.4. The molecule has 2 heterocycles. The molecule has 172 valence electrons. The fraction of sp³-hybridized carbons (Fsp3) is 0.480. The highest BCUT2D eigenvalue weighted by molar-refractivity contribution is 7.89. The van der Waals surface area contributed by atoms with Crippen LogP contribution in [0.15, 0.2) is 65.6 Å². The summed E-state index contributed by atoms with van der Waals surface area (Å²) in [6.45, 7) is 5.79. The van der Waals surface area contributed by atoms with Gasteiger partial charge in [-0.05, 0) is 42.9 Å². The van der Waals surface area contributed by atoms with Crippen molar-refractivity contribution in [1.29, 1.82) is 0 Å².